The van der Waals surface area contributed by atoms with E-state index in [0.29, 0.717) is 17.4 Å². The zero-order chi connectivity index (χ0) is 11.1. The van der Waals surface area contributed by atoms with E-state index in [1.54, 1.807) is 0 Å². The lowest BCUT2D eigenvalue weighted by Crippen LogP contribution is -2.37. The zero-order valence-electron chi connectivity index (χ0n) is 9.90. The molecule has 0 aromatic carbocycles. The minimum absolute atomic E-state index is 0.338. The van der Waals surface area contributed by atoms with Crippen LogP contribution < -0.4 is 5.73 Å². The first-order valence-corrected chi connectivity index (χ1v) is 5.74. The molecule has 2 atom stereocenters. The van der Waals surface area contributed by atoms with Gasteiger partial charge in [0, 0.05) is 25.2 Å². The molecule has 1 aliphatic rings. The van der Waals surface area contributed by atoms with Crippen LogP contribution in [0.25, 0.3) is 0 Å². The summed E-state index contributed by atoms with van der Waals surface area (Å²) in [7, 11) is 1.97. The summed E-state index contributed by atoms with van der Waals surface area (Å²) in [5.74, 6) is 0.516. The zero-order valence-corrected chi connectivity index (χ0v) is 9.90. The first-order chi connectivity index (χ1) is 6.99. The molecule has 0 aliphatic heterocycles. The molecule has 2 N–H and O–H groups in total. The summed E-state index contributed by atoms with van der Waals surface area (Å²) in [5, 5.41) is 4.53. The molecule has 3 nitrogen and oxygen atoms in total. The minimum atomic E-state index is 0.338. The van der Waals surface area contributed by atoms with Crippen LogP contribution in [0.4, 0.5) is 0 Å². The van der Waals surface area contributed by atoms with Crippen molar-refractivity contribution in [2.24, 2.45) is 18.2 Å². The van der Waals surface area contributed by atoms with Gasteiger partial charge in [-0.15, -0.1) is 0 Å². The molecule has 1 saturated carbocycles. The monoisotopic (exact) mass is 207 g/mol. The summed E-state index contributed by atoms with van der Waals surface area (Å²) in [6.45, 7) is 4.66. The number of aromatic nitrogens is 2. The standard InChI is InChI=1S/C12H21N3/c1-12(2)6-4-9(13)8-10(12)11-5-7-15(3)14-11/h5,7,9-10H,4,6,8,13H2,1-3H3. The molecule has 1 fully saturated rings. The Labute approximate surface area is 91.7 Å². The molecule has 0 amide bonds. The lowest BCUT2D eigenvalue weighted by Gasteiger charge is -2.40. The summed E-state index contributed by atoms with van der Waals surface area (Å²) in [4.78, 5) is 0. The maximum absolute atomic E-state index is 6.06. The van der Waals surface area contributed by atoms with Crippen molar-refractivity contribution in [2.75, 3.05) is 0 Å². The van der Waals surface area contributed by atoms with E-state index in [-0.39, 0.29) is 0 Å². The number of nitrogens with zero attached hydrogens (tertiary/aromatic N) is 2. The number of hydrogen-bond donors (Lipinski definition) is 1. The summed E-state index contributed by atoms with van der Waals surface area (Å²) < 4.78 is 1.88. The van der Waals surface area contributed by atoms with Gasteiger partial charge in [-0.3, -0.25) is 4.68 Å². The van der Waals surface area contributed by atoms with Crippen molar-refractivity contribution in [3.8, 4) is 0 Å². The smallest absolute Gasteiger partial charge is 0.0661 e. The van der Waals surface area contributed by atoms with E-state index in [9.17, 15) is 0 Å². The summed E-state index contributed by atoms with van der Waals surface area (Å²) >= 11 is 0. The highest BCUT2D eigenvalue weighted by Crippen LogP contribution is 2.45. The number of hydrogen-bond acceptors (Lipinski definition) is 2. The highest BCUT2D eigenvalue weighted by atomic mass is 15.2. The summed E-state index contributed by atoms with van der Waals surface area (Å²) in [6.07, 6.45) is 5.45. The van der Waals surface area contributed by atoms with Gasteiger partial charge in [-0.25, -0.2) is 0 Å². The Morgan fingerprint density at radius 3 is 2.87 bits per heavy atom. The fourth-order valence-electron chi connectivity index (χ4n) is 2.61. The van der Waals surface area contributed by atoms with Crippen LogP contribution in [0, 0.1) is 5.41 Å². The van der Waals surface area contributed by atoms with Gasteiger partial charge < -0.3 is 5.73 Å². The number of aryl methyl sites for hydroxylation is 1. The van der Waals surface area contributed by atoms with Crippen molar-refractivity contribution in [1.82, 2.24) is 9.78 Å². The molecule has 84 valence electrons. The SMILES string of the molecule is Cn1ccc(C2CC(N)CCC2(C)C)n1. The third kappa shape index (κ3) is 2.07. The van der Waals surface area contributed by atoms with E-state index in [1.165, 1.54) is 12.1 Å². The van der Waals surface area contributed by atoms with Gasteiger partial charge in [-0.05, 0) is 30.7 Å². The van der Waals surface area contributed by atoms with Crippen LogP contribution in [0.15, 0.2) is 12.3 Å². The molecule has 15 heavy (non-hydrogen) atoms. The van der Waals surface area contributed by atoms with Gasteiger partial charge in [0.15, 0.2) is 0 Å². The van der Waals surface area contributed by atoms with Gasteiger partial charge in [-0.2, -0.15) is 5.10 Å². The van der Waals surface area contributed by atoms with E-state index in [2.05, 4.69) is 25.0 Å². The molecule has 0 bridgehead atoms. The number of nitrogens with two attached hydrogens (primary N) is 1. The van der Waals surface area contributed by atoms with E-state index in [0.717, 1.165) is 12.8 Å². The predicted octanol–water partition coefficient (Wildman–Crippen LogP) is 2.04. The van der Waals surface area contributed by atoms with E-state index >= 15 is 0 Å². The highest BCUT2D eigenvalue weighted by molar-refractivity contribution is 5.13. The Hall–Kier alpha value is -0.830. The maximum Gasteiger partial charge on any atom is 0.0661 e. The molecule has 1 aliphatic carbocycles. The third-order valence-corrected chi connectivity index (χ3v) is 3.73. The number of rotatable bonds is 1. The van der Waals surface area contributed by atoms with Gasteiger partial charge in [0.25, 0.3) is 0 Å². The van der Waals surface area contributed by atoms with E-state index < -0.39 is 0 Å². The van der Waals surface area contributed by atoms with Crippen LogP contribution in [0.5, 0.6) is 0 Å². The average molecular weight is 207 g/mol. The predicted molar refractivity (Wildman–Crippen MR) is 61.6 cm³/mol. The molecule has 1 heterocycles. The second-order valence-corrected chi connectivity index (χ2v) is 5.49. The van der Waals surface area contributed by atoms with Crippen LogP contribution in [0.2, 0.25) is 0 Å². The molecule has 1 aromatic heterocycles. The minimum Gasteiger partial charge on any atom is -0.328 e. The van der Waals surface area contributed by atoms with E-state index in [4.69, 9.17) is 5.73 Å². The highest BCUT2D eigenvalue weighted by Gasteiger charge is 2.37. The quantitative estimate of drug-likeness (QED) is 0.766. The van der Waals surface area contributed by atoms with Gasteiger partial charge in [0.2, 0.25) is 0 Å². The maximum atomic E-state index is 6.06. The van der Waals surface area contributed by atoms with Crippen molar-refractivity contribution < 1.29 is 0 Å². The van der Waals surface area contributed by atoms with Crippen LogP contribution in [0.3, 0.4) is 0 Å². The Morgan fingerprint density at radius 1 is 1.53 bits per heavy atom. The van der Waals surface area contributed by atoms with Crippen LogP contribution in [0.1, 0.15) is 44.7 Å². The normalized spacial score (nSPS) is 30.4. The van der Waals surface area contributed by atoms with Crippen molar-refractivity contribution >= 4 is 0 Å². The van der Waals surface area contributed by atoms with E-state index in [1.807, 2.05) is 17.9 Å². The summed E-state index contributed by atoms with van der Waals surface area (Å²) in [6, 6.07) is 2.48. The van der Waals surface area contributed by atoms with Crippen LogP contribution in [-0.2, 0) is 7.05 Å². The Balaban J connectivity index is 2.25. The molecule has 0 saturated heterocycles. The Bertz CT molecular complexity index is 340. The molecule has 1 aromatic rings. The third-order valence-electron chi connectivity index (χ3n) is 3.73. The first-order valence-electron chi connectivity index (χ1n) is 5.74. The topological polar surface area (TPSA) is 43.8 Å². The molecule has 2 unspecified atom stereocenters. The lowest BCUT2D eigenvalue weighted by atomic mass is 9.66. The second-order valence-electron chi connectivity index (χ2n) is 5.49. The van der Waals surface area contributed by atoms with Crippen LogP contribution in [-0.4, -0.2) is 15.8 Å². The van der Waals surface area contributed by atoms with Gasteiger partial charge in [0.1, 0.15) is 0 Å². The molecule has 3 heteroatoms. The lowest BCUT2D eigenvalue weighted by molar-refractivity contribution is 0.179. The molecule has 2 rings (SSSR count). The Kier molecular flexibility index (Phi) is 2.59. The van der Waals surface area contributed by atoms with Gasteiger partial charge in [0.05, 0.1) is 5.69 Å². The Morgan fingerprint density at radius 2 is 2.27 bits per heavy atom. The molecular weight excluding hydrogens is 186 g/mol. The van der Waals surface area contributed by atoms with Crippen LogP contribution >= 0.6 is 0 Å². The molecule has 0 radical (unpaired) electrons. The van der Waals surface area contributed by atoms with Crippen molar-refractivity contribution in [2.45, 2.75) is 45.1 Å². The van der Waals surface area contributed by atoms with Gasteiger partial charge >= 0.3 is 0 Å². The van der Waals surface area contributed by atoms with Gasteiger partial charge in [-0.1, -0.05) is 13.8 Å². The second kappa shape index (κ2) is 3.63. The molecule has 0 spiro atoms. The molecular formula is C12H21N3. The average Bonchev–Trinajstić information content (AvgIpc) is 2.56. The van der Waals surface area contributed by atoms with Crippen molar-refractivity contribution in [1.29, 1.82) is 0 Å². The summed E-state index contributed by atoms with van der Waals surface area (Å²) in [5.41, 5.74) is 7.60. The fourth-order valence-corrected chi connectivity index (χ4v) is 2.61. The van der Waals surface area contributed by atoms with Crippen molar-refractivity contribution in [3.05, 3.63) is 18.0 Å². The first kappa shape index (κ1) is 10.7. The largest absolute Gasteiger partial charge is 0.328 e. The fraction of sp³-hybridized carbons (Fsp3) is 0.750. The van der Waals surface area contributed by atoms with Crippen molar-refractivity contribution in [3.63, 3.8) is 0 Å².